The monoisotopic (exact) mass is 359 g/mol. The van der Waals surface area contributed by atoms with Gasteiger partial charge in [-0.05, 0) is 12.5 Å². The second-order valence-electron chi connectivity index (χ2n) is 6.98. The van der Waals surface area contributed by atoms with Gasteiger partial charge in [-0.15, -0.1) is 0 Å². The number of carbonyl (C=O) groups excluding carboxylic acids is 1. The maximum absolute atomic E-state index is 12.7. The molecule has 0 saturated carbocycles. The fourth-order valence-corrected chi connectivity index (χ4v) is 3.53. The number of quaternary nitrogens is 1. The molecule has 0 aliphatic heterocycles. The molecule has 0 spiro atoms. The molecule has 0 fully saturated rings. The summed E-state index contributed by atoms with van der Waals surface area (Å²) in [4.78, 5) is 13.8. The van der Waals surface area contributed by atoms with Crippen LogP contribution >= 0.6 is 0 Å². The van der Waals surface area contributed by atoms with Gasteiger partial charge in [-0.25, -0.2) is 0 Å². The van der Waals surface area contributed by atoms with Crippen LogP contribution in [-0.2, 0) is 4.79 Å². The van der Waals surface area contributed by atoms with Crippen molar-refractivity contribution in [2.24, 2.45) is 0 Å². The Morgan fingerprint density at radius 3 is 1.63 bits per heavy atom. The van der Waals surface area contributed by atoms with Gasteiger partial charge in [-0.1, -0.05) is 91.0 Å². The van der Waals surface area contributed by atoms with E-state index in [0.29, 0.717) is 6.54 Å². The van der Waals surface area contributed by atoms with Gasteiger partial charge in [-0.2, -0.15) is 0 Å². The second-order valence-corrected chi connectivity index (χ2v) is 6.98. The minimum absolute atomic E-state index is 0.00148. The zero-order valence-corrected chi connectivity index (χ0v) is 15.9. The van der Waals surface area contributed by atoms with Crippen molar-refractivity contribution in [2.75, 3.05) is 13.6 Å². The van der Waals surface area contributed by atoms with Gasteiger partial charge >= 0.3 is 0 Å². The van der Waals surface area contributed by atoms with Crippen molar-refractivity contribution in [2.45, 2.75) is 19.0 Å². The molecule has 0 heterocycles. The molecule has 0 radical (unpaired) electrons. The third kappa shape index (κ3) is 5.05. The summed E-state index contributed by atoms with van der Waals surface area (Å²) in [6.45, 7) is 2.43. The highest BCUT2D eigenvalue weighted by Gasteiger charge is 2.25. The van der Waals surface area contributed by atoms with Crippen LogP contribution in [0.15, 0.2) is 91.0 Å². The smallest absolute Gasteiger partial charge is 0.275 e. The summed E-state index contributed by atoms with van der Waals surface area (Å²) in [7, 11) is 2.08. The maximum atomic E-state index is 12.7. The normalized spacial score (nSPS) is 13.1. The molecule has 0 aliphatic carbocycles. The largest absolute Gasteiger partial charge is 0.345 e. The average molecular weight is 359 g/mol. The van der Waals surface area contributed by atoms with Crippen LogP contribution in [-0.4, -0.2) is 19.5 Å². The standard InChI is InChI=1S/C24H26N2O/c1-19(20-12-6-3-7-13-20)25-23(27)18-26(2)24(21-14-8-4-9-15-21)22-16-10-5-11-17-22/h3-17,19,24H,18H2,1-2H3,(H,25,27)/p+1/t19-/m1/s1. The quantitative estimate of drug-likeness (QED) is 0.667. The molecular weight excluding hydrogens is 332 g/mol. The van der Waals surface area contributed by atoms with Crippen LogP contribution < -0.4 is 10.2 Å². The van der Waals surface area contributed by atoms with Crippen molar-refractivity contribution in [1.82, 2.24) is 5.32 Å². The fourth-order valence-electron chi connectivity index (χ4n) is 3.53. The van der Waals surface area contributed by atoms with Crippen molar-refractivity contribution >= 4 is 5.91 Å². The van der Waals surface area contributed by atoms with Gasteiger partial charge in [0, 0.05) is 11.1 Å². The molecule has 1 unspecified atom stereocenters. The summed E-state index contributed by atoms with van der Waals surface area (Å²) in [5.74, 6) is 0.0562. The lowest BCUT2D eigenvalue weighted by atomic mass is 9.97. The highest BCUT2D eigenvalue weighted by molar-refractivity contribution is 5.77. The molecule has 138 valence electrons. The molecule has 3 nitrogen and oxygen atoms in total. The molecule has 0 bridgehead atoms. The lowest BCUT2D eigenvalue weighted by Crippen LogP contribution is -3.10. The molecule has 0 aliphatic rings. The summed E-state index contributed by atoms with van der Waals surface area (Å²) in [5, 5.41) is 3.13. The molecular formula is C24H27N2O+. The number of rotatable bonds is 7. The summed E-state index contributed by atoms with van der Waals surface area (Å²) in [6, 6.07) is 30.9. The molecule has 3 aromatic rings. The molecule has 0 saturated heterocycles. The second kappa shape index (κ2) is 9.15. The van der Waals surface area contributed by atoms with Crippen molar-refractivity contribution in [3.05, 3.63) is 108 Å². The van der Waals surface area contributed by atoms with Gasteiger partial charge in [0.1, 0.15) is 6.04 Å². The number of amides is 1. The summed E-state index contributed by atoms with van der Waals surface area (Å²) < 4.78 is 0. The predicted octanol–water partition coefficient (Wildman–Crippen LogP) is 3.17. The number of benzene rings is 3. The first-order valence-corrected chi connectivity index (χ1v) is 9.41. The van der Waals surface area contributed by atoms with Crippen LogP contribution in [0.4, 0.5) is 0 Å². The third-order valence-electron chi connectivity index (χ3n) is 4.88. The van der Waals surface area contributed by atoms with Gasteiger partial charge < -0.3 is 10.2 Å². The van der Waals surface area contributed by atoms with Crippen molar-refractivity contribution in [1.29, 1.82) is 0 Å². The van der Waals surface area contributed by atoms with E-state index in [1.165, 1.54) is 11.1 Å². The summed E-state index contributed by atoms with van der Waals surface area (Å²) >= 11 is 0. The van der Waals surface area contributed by atoms with Gasteiger partial charge in [0.2, 0.25) is 0 Å². The van der Waals surface area contributed by atoms with E-state index in [0.717, 1.165) is 10.5 Å². The van der Waals surface area contributed by atoms with Gasteiger partial charge in [-0.3, -0.25) is 4.79 Å². The van der Waals surface area contributed by atoms with Crippen LogP contribution in [0.5, 0.6) is 0 Å². The van der Waals surface area contributed by atoms with E-state index in [2.05, 4.69) is 60.9 Å². The Morgan fingerprint density at radius 1 is 0.778 bits per heavy atom. The number of carbonyl (C=O) groups is 1. The first-order chi connectivity index (χ1) is 13.1. The lowest BCUT2D eigenvalue weighted by molar-refractivity contribution is -0.898. The number of hydrogen-bond donors (Lipinski definition) is 2. The van der Waals surface area contributed by atoms with E-state index in [9.17, 15) is 4.79 Å². The highest BCUT2D eigenvalue weighted by Crippen LogP contribution is 2.18. The average Bonchev–Trinajstić information content (AvgIpc) is 2.70. The van der Waals surface area contributed by atoms with E-state index in [1.54, 1.807) is 0 Å². The Morgan fingerprint density at radius 2 is 1.19 bits per heavy atom. The van der Waals surface area contributed by atoms with Crippen LogP contribution in [0.1, 0.15) is 35.7 Å². The zero-order chi connectivity index (χ0) is 19.1. The molecule has 1 amide bonds. The van der Waals surface area contributed by atoms with E-state index in [4.69, 9.17) is 0 Å². The maximum Gasteiger partial charge on any atom is 0.275 e. The van der Waals surface area contributed by atoms with Crippen molar-refractivity contribution in [3.63, 3.8) is 0 Å². The van der Waals surface area contributed by atoms with E-state index in [-0.39, 0.29) is 18.0 Å². The van der Waals surface area contributed by atoms with Gasteiger partial charge in [0.15, 0.2) is 6.54 Å². The Hall–Kier alpha value is -2.91. The van der Waals surface area contributed by atoms with Gasteiger partial charge in [0.25, 0.3) is 5.91 Å². The Labute approximate surface area is 161 Å². The molecule has 27 heavy (non-hydrogen) atoms. The molecule has 2 N–H and O–H groups in total. The van der Waals surface area contributed by atoms with Crippen LogP contribution in [0, 0.1) is 0 Å². The number of likely N-dealkylation sites (N-methyl/N-ethyl adjacent to an activating group) is 1. The van der Waals surface area contributed by atoms with Crippen LogP contribution in [0.25, 0.3) is 0 Å². The first-order valence-electron chi connectivity index (χ1n) is 9.41. The van der Waals surface area contributed by atoms with Crippen LogP contribution in [0.2, 0.25) is 0 Å². The van der Waals surface area contributed by atoms with Crippen molar-refractivity contribution < 1.29 is 9.69 Å². The van der Waals surface area contributed by atoms with Gasteiger partial charge in [0.05, 0.1) is 13.1 Å². The van der Waals surface area contributed by atoms with E-state index < -0.39 is 0 Å². The third-order valence-corrected chi connectivity index (χ3v) is 4.88. The molecule has 3 rings (SSSR count). The van der Waals surface area contributed by atoms with E-state index in [1.807, 2.05) is 49.4 Å². The first kappa shape index (κ1) is 18.9. The summed E-state index contributed by atoms with van der Waals surface area (Å²) in [5.41, 5.74) is 3.54. The minimum Gasteiger partial charge on any atom is -0.345 e. The number of nitrogens with one attached hydrogen (secondary N) is 2. The lowest BCUT2D eigenvalue weighted by Gasteiger charge is -2.26. The summed E-state index contributed by atoms with van der Waals surface area (Å²) in [6.07, 6.45) is 0. The Kier molecular flexibility index (Phi) is 6.39. The highest BCUT2D eigenvalue weighted by atomic mass is 16.2. The SMILES string of the molecule is C[C@@H](NC(=O)C[NH+](C)C(c1ccccc1)c1ccccc1)c1ccccc1. The Bertz CT molecular complexity index is 795. The van der Waals surface area contributed by atoms with E-state index >= 15 is 0 Å². The topological polar surface area (TPSA) is 33.5 Å². The predicted molar refractivity (Wildman–Crippen MR) is 109 cm³/mol. The molecule has 3 aromatic carbocycles. The number of hydrogen-bond acceptors (Lipinski definition) is 1. The molecule has 2 atom stereocenters. The molecule has 3 heteroatoms. The Balaban J connectivity index is 1.73. The minimum atomic E-state index is -0.00148. The van der Waals surface area contributed by atoms with Crippen molar-refractivity contribution in [3.8, 4) is 0 Å². The molecule has 0 aromatic heterocycles. The fraction of sp³-hybridized carbons (Fsp3) is 0.208. The van der Waals surface area contributed by atoms with Crippen LogP contribution in [0.3, 0.4) is 0 Å². The zero-order valence-electron chi connectivity index (χ0n) is 15.9.